The van der Waals surface area contributed by atoms with Gasteiger partial charge in [-0.25, -0.2) is 4.79 Å². The third-order valence-electron chi connectivity index (χ3n) is 7.56. The largest absolute Gasteiger partial charge is 0.496 e. The molecule has 7 heteroatoms. The van der Waals surface area contributed by atoms with Crippen molar-refractivity contribution in [3.8, 4) is 5.75 Å². The summed E-state index contributed by atoms with van der Waals surface area (Å²) in [4.78, 5) is 14.7. The fourth-order valence-corrected chi connectivity index (χ4v) is 5.47. The van der Waals surface area contributed by atoms with Crippen LogP contribution in [0.1, 0.15) is 92.7 Å². The normalized spacial score (nSPS) is 20.9. The number of carbonyl (C=O) groups is 1. The van der Waals surface area contributed by atoms with Gasteiger partial charge in [0.25, 0.3) is 0 Å². The van der Waals surface area contributed by atoms with Crippen LogP contribution >= 0.6 is 0 Å². The number of rotatable bonds is 6. The number of ether oxygens (including phenoxy) is 2. The van der Waals surface area contributed by atoms with Gasteiger partial charge in [-0.2, -0.15) is 13.2 Å². The van der Waals surface area contributed by atoms with E-state index in [9.17, 15) is 18.0 Å². The molecule has 200 valence electrons. The smallest absolute Gasteiger partial charge is 0.416 e. The molecule has 0 spiro atoms. The number of hydrogen-bond acceptors (Lipinski definition) is 3. The lowest BCUT2D eigenvalue weighted by atomic mass is 9.91. The topological polar surface area (TPSA) is 38.8 Å². The molecule has 0 bridgehead atoms. The maximum atomic E-state index is 13.4. The van der Waals surface area contributed by atoms with Crippen molar-refractivity contribution < 1.29 is 27.4 Å². The van der Waals surface area contributed by atoms with Crippen LogP contribution in [-0.2, 0) is 10.9 Å². The van der Waals surface area contributed by atoms with Crippen molar-refractivity contribution in [2.75, 3.05) is 13.7 Å². The number of amides is 1. The van der Waals surface area contributed by atoms with E-state index in [2.05, 4.69) is 26.0 Å². The summed E-state index contributed by atoms with van der Waals surface area (Å²) in [6.45, 7) is 8.18. The highest BCUT2D eigenvalue weighted by molar-refractivity contribution is 5.76. The third-order valence-corrected chi connectivity index (χ3v) is 7.56. The molecule has 1 fully saturated rings. The van der Waals surface area contributed by atoms with E-state index in [1.54, 1.807) is 25.0 Å². The van der Waals surface area contributed by atoms with Gasteiger partial charge in [-0.3, -0.25) is 4.90 Å². The number of halogens is 3. The minimum Gasteiger partial charge on any atom is -0.496 e. The summed E-state index contributed by atoms with van der Waals surface area (Å²) in [7, 11) is 1.67. The maximum Gasteiger partial charge on any atom is 0.416 e. The first-order chi connectivity index (χ1) is 17.5. The molecule has 1 heterocycles. The fourth-order valence-electron chi connectivity index (χ4n) is 5.47. The summed E-state index contributed by atoms with van der Waals surface area (Å²) < 4.78 is 51.7. The van der Waals surface area contributed by atoms with Crippen molar-refractivity contribution in [1.29, 1.82) is 0 Å². The molecule has 0 aromatic heterocycles. The Morgan fingerprint density at radius 2 is 1.81 bits per heavy atom. The average Bonchev–Trinajstić information content (AvgIpc) is 2.99. The van der Waals surface area contributed by atoms with Gasteiger partial charge < -0.3 is 9.47 Å². The summed E-state index contributed by atoms with van der Waals surface area (Å²) >= 11 is 0. The quantitative estimate of drug-likeness (QED) is 0.387. The second-order valence-electron chi connectivity index (χ2n) is 10.6. The highest BCUT2D eigenvalue weighted by Crippen LogP contribution is 2.41. The van der Waals surface area contributed by atoms with Gasteiger partial charge in [0, 0.05) is 12.1 Å². The van der Waals surface area contributed by atoms with Gasteiger partial charge in [-0.1, -0.05) is 38.0 Å². The molecular formula is C30H36F3NO3. The molecule has 2 aliphatic rings. The van der Waals surface area contributed by atoms with Crippen molar-refractivity contribution in [1.82, 2.24) is 4.90 Å². The van der Waals surface area contributed by atoms with Crippen LogP contribution in [0.15, 0.2) is 42.0 Å². The Morgan fingerprint density at radius 3 is 2.49 bits per heavy atom. The predicted octanol–water partition coefficient (Wildman–Crippen LogP) is 8.45. The Balaban J connectivity index is 1.69. The van der Waals surface area contributed by atoms with Crippen molar-refractivity contribution in [2.45, 2.75) is 84.0 Å². The second kappa shape index (κ2) is 10.8. The van der Waals surface area contributed by atoms with Crippen molar-refractivity contribution >= 4 is 11.7 Å². The summed E-state index contributed by atoms with van der Waals surface area (Å²) in [6.07, 6.45) is -0.789. The molecule has 4 nitrogen and oxygen atoms in total. The number of methoxy groups -OCH3 is 1. The van der Waals surface area contributed by atoms with Crippen LogP contribution in [-0.4, -0.2) is 30.7 Å². The minimum atomic E-state index is -4.46. The van der Waals surface area contributed by atoms with Gasteiger partial charge in [0.15, 0.2) is 0 Å². The number of nitrogens with zero attached hydrogens (tertiary/aromatic N) is 1. The van der Waals surface area contributed by atoms with Crippen molar-refractivity contribution in [3.63, 3.8) is 0 Å². The zero-order valence-corrected chi connectivity index (χ0v) is 22.2. The number of aryl methyl sites for hydroxylation is 1. The Labute approximate surface area is 217 Å². The van der Waals surface area contributed by atoms with E-state index in [4.69, 9.17) is 9.47 Å². The van der Waals surface area contributed by atoms with E-state index in [1.165, 1.54) is 16.7 Å². The van der Waals surface area contributed by atoms with Crippen LogP contribution in [0.3, 0.4) is 0 Å². The molecule has 37 heavy (non-hydrogen) atoms. The highest BCUT2D eigenvalue weighted by Gasteiger charge is 2.41. The van der Waals surface area contributed by atoms with Crippen LogP contribution in [0, 0.1) is 6.92 Å². The van der Waals surface area contributed by atoms with E-state index in [0.29, 0.717) is 23.6 Å². The van der Waals surface area contributed by atoms with Crippen LogP contribution in [0.2, 0.25) is 0 Å². The number of hydrogen-bond donors (Lipinski definition) is 0. The summed E-state index contributed by atoms with van der Waals surface area (Å²) in [5.41, 5.74) is 4.79. The summed E-state index contributed by atoms with van der Waals surface area (Å²) in [5.74, 6) is 1.18. The molecule has 1 amide bonds. The van der Waals surface area contributed by atoms with E-state index in [-0.39, 0.29) is 0 Å². The molecule has 0 saturated carbocycles. The van der Waals surface area contributed by atoms with Crippen LogP contribution < -0.4 is 4.74 Å². The first-order valence-corrected chi connectivity index (χ1v) is 13.0. The molecule has 4 rings (SSSR count). The molecule has 0 unspecified atom stereocenters. The van der Waals surface area contributed by atoms with E-state index >= 15 is 0 Å². The van der Waals surface area contributed by atoms with Gasteiger partial charge >= 0.3 is 12.3 Å². The molecule has 0 radical (unpaired) electrons. The van der Waals surface area contributed by atoms with Crippen molar-refractivity contribution in [2.24, 2.45) is 0 Å². The average molecular weight is 516 g/mol. The molecule has 1 aliphatic carbocycles. The zero-order valence-electron chi connectivity index (χ0n) is 22.2. The number of alkyl halides is 3. The Hall–Kier alpha value is -2.96. The van der Waals surface area contributed by atoms with Crippen LogP contribution in [0.5, 0.6) is 5.75 Å². The predicted molar refractivity (Wildman–Crippen MR) is 139 cm³/mol. The first kappa shape index (κ1) is 27.1. The monoisotopic (exact) mass is 515 g/mol. The molecule has 0 N–H and O–H groups in total. The van der Waals surface area contributed by atoms with Crippen LogP contribution in [0.4, 0.5) is 18.0 Å². The maximum absolute atomic E-state index is 13.4. The molecule has 2 aromatic carbocycles. The fraction of sp³-hybridized carbons (Fsp3) is 0.500. The number of allylic oxidation sites excluding steroid dienone is 1. The lowest BCUT2D eigenvalue weighted by Gasteiger charge is -2.25. The highest BCUT2D eigenvalue weighted by atomic mass is 19.4. The van der Waals surface area contributed by atoms with Gasteiger partial charge in [0.1, 0.15) is 11.9 Å². The lowest BCUT2D eigenvalue weighted by Crippen LogP contribution is -2.34. The van der Waals surface area contributed by atoms with Crippen LogP contribution in [0.25, 0.3) is 5.57 Å². The summed E-state index contributed by atoms with van der Waals surface area (Å²) in [5, 5.41) is 0. The Kier molecular flexibility index (Phi) is 7.91. The van der Waals surface area contributed by atoms with E-state index in [0.717, 1.165) is 55.5 Å². The second-order valence-corrected chi connectivity index (χ2v) is 10.6. The third kappa shape index (κ3) is 5.81. The summed E-state index contributed by atoms with van der Waals surface area (Å²) in [6, 6.07) is 9.78. The van der Waals surface area contributed by atoms with Gasteiger partial charge in [-0.05, 0) is 92.0 Å². The van der Waals surface area contributed by atoms with Gasteiger partial charge in [0.05, 0.1) is 18.7 Å². The molecule has 2 atom stereocenters. The first-order valence-electron chi connectivity index (χ1n) is 13.0. The van der Waals surface area contributed by atoms with E-state index in [1.807, 2.05) is 13.0 Å². The minimum absolute atomic E-state index is 0.366. The SMILES string of the molecule is COc1ccc(C(C)C)cc1C1=C(CN2C(=O)O[C@H](c3cc(C)cc(C(F)(F)F)c3)[C@@H]2C)CCCCC1. The molecule has 1 saturated heterocycles. The Morgan fingerprint density at radius 1 is 1.08 bits per heavy atom. The number of carbonyl (C=O) groups excluding carboxylic acids is 1. The number of cyclic esters (lactones) is 1. The Bertz CT molecular complexity index is 1190. The van der Waals surface area contributed by atoms with Gasteiger partial charge in [0.2, 0.25) is 0 Å². The lowest BCUT2D eigenvalue weighted by molar-refractivity contribution is -0.137. The zero-order chi connectivity index (χ0) is 26.9. The van der Waals surface area contributed by atoms with Crippen molar-refractivity contribution in [3.05, 3.63) is 69.8 Å². The number of benzene rings is 2. The molecular weight excluding hydrogens is 479 g/mol. The standard InChI is InChI=1S/C30H36F3NO3/c1-18(2)21-11-12-27(36-5)26(16-21)25-10-8-6-7-9-22(25)17-34-20(4)28(37-29(34)35)23-13-19(3)14-24(15-23)30(31,32)33/h11-16,18,20,28H,6-10,17H2,1-5H3/t20-,28-/m0/s1. The molecule has 2 aromatic rings. The van der Waals surface area contributed by atoms with E-state index < -0.39 is 30.0 Å². The molecule has 1 aliphatic heterocycles. The van der Waals surface area contributed by atoms with Gasteiger partial charge in [-0.15, -0.1) is 0 Å².